The van der Waals surface area contributed by atoms with E-state index in [1.165, 1.54) is 0 Å². The Balaban J connectivity index is 1.48. The molecule has 2 aromatic rings. The topological polar surface area (TPSA) is 87.4 Å². The van der Waals surface area contributed by atoms with Gasteiger partial charge in [-0.3, -0.25) is 0 Å². The molecule has 3 rings (SSSR count). The molecule has 1 heterocycles. The fourth-order valence-electron chi connectivity index (χ4n) is 2.51. The highest BCUT2D eigenvalue weighted by Gasteiger charge is 2.19. The number of benzene rings is 1. The quantitative estimate of drug-likeness (QED) is 0.738. The van der Waals surface area contributed by atoms with Gasteiger partial charge in [-0.1, -0.05) is 30.4 Å². The zero-order chi connectivity index (χ0) is 16.1. The summed E-state index contributed by atoms with van der Waals surface area (Å²) >= 11 is 0. The van der Waals surface area contributed by atoms with Crippen molar-refractivity contribution in [3.63, 3.8) is 0 Å². The fourth-order valence-corrected chi connectivity index (χ4v) is 2.51. The lowest BCUT2D eigenvalue weighted by Gasteiger charge is -2.13. The lowest BCUT2D eigenvalue weighted by Crippen LogP contribution is -2.40. The first-order valence-electron chi connectivity index (χ1n) is 7.58. The van der Waals surface area contributed by atoms with Gasteiger partial charge >= 0.3 is 6.03 Å². The molecular weight excluding hydrogens is 294 g/mol. The standard InChI is InChI=1S/C17H19N3O3/c21-10-12-6-7-14(8-12)20-17(22)18-9-15-11-23-16(19-15)13-4-2-1-3-5-13/h1-7,11-12,14,21H,8-10H2,(H2,18,20,22)/t12-,14+/m0/s1. The van der Waals surface area contributed by atoms with Gasteiger partial charge in [0, 0.05) is 24.1 Å². The summed E-state index contributed by atoms with van der Waals surface area (Å²) in [6.45, 7) is 0.402. The van der Waals surface area contributed by atoms with Crippen LogP contribution in [0.3, 0.4) is 0 Å². The lowest BCUT2D eigenvalue weighted by molar-refractivity contribution is 0.231. The SMILES string of the molecule is O=C(NCc1coc(-c2ccccc2)n1)N[C@@H]1C=C[C@H](CO)C1. The van der Waals surface area contributed by atoms with Gasteiger partial charge in [0.2, 0.25) is 5.89 Å². The molecule has 0 unspecified atom stereocenters. The van der Waals surface area contributed by atoms with Crippen LogP contribution in [0.1, 0.15) is 12.1 Å². The van der Waals surface area contributed by atoms with Crippen molar-refractivity contribution in [2.45, 2.75) is 19.0 Å². The number of rotatable bonds is 5. The minimum absolute atomic E-state index is 0.0376. The van der Waals surface area contributed by atoms with Crippen LogP contribution in [0.25, 0.3) is 11.5 Å². The monoisotopic (exact) mass is 313 g/mol. The van der Waals surface area contributed by atoms with Crippen molar-refractivity contribution in [2.24, 2.45) is 5.92 Å². The first-order valence-corrected chi connectivity index (χ1v) is 7.58. The van der Waals surface area contributed by atoms with Crippen LogP contribution in [-0.2, 0) is 6.54 Å². The maximum atomic E-state index is 11.9. The van der Waals surface area contributed by atoms with Crippen LogP contribution >= 0.6 is 0 Å². The molecule has 0 bridgehead atoms. The van der Waals surface area contributed by atoms with E-state index in [1.807, 2.05) is 42.5 Å². The van der Waals surface area contributed by atoms with Crippen LogP contribution in [0.5, 0.6) is 0 Å². The van der Waals surface area contributed by atoms with Gasteiger partial charge in [-0.25, -0.2) is 9.78 Å². The van der Waals surface area contributed by atoms with Crippen molar-refractivity contribution in [1.82, 2.24) is 15.6 Å². The third kappa shape index (κ3) is 3.98. The molecule has 6 nitrogen and oxygen atoms in total. The van der Waals surface area contributed by atoms with Gasteiger partial charge in [-0.15, -0.1) is 0 Å². The van der Waals surface area contributed by atoms with Crippen molar-refractivity contribution in [1.29, 1.82) is 0 Å². The largest absolute Gasteiger partial charge is 0.444 e. The third-order valence-corrected chi connectivity index (χ3v) is 3.73. The van der Waals surface area contributed by atoms with Crippen molar-refractivity contribution in [2.75, 3.05) is 6.61 Å². The van der Waals surface area contributed by atoms with E-state index in [1.54, 1.807) is 6.26 Å². The number of aliphatic hydroxyl groups is 1. The van der Waals surface area contributed by atoms with Crippen LogP contribution in [0.15, 0.2) is 53.2 Å². The van der Waals surface area contributed by atoms with Crippen molar-refractivity contribution in [3.8, 4) is 11.5 Å². The van der Waals surface area contributed by atoms with Crippen LogP contribution in [-0.4, -0.2) is 28.8 Å². The van der Waals surface area contributed by atoms with Gasteiger partial charge in [0.05, 0.1) is 12.2 Å². The number of carbonyl (C=O) groups excluding carboxylic acids is 1. The number of urea groups is 1. The molecule has 2 amide bonds. The fraction of sp³-hybridized carbons (Fsp3) is 0.294. The van der Waals surface area contributed by atoms with E-state index in [4.69, 9.17) is 9.52 Å². The summed E-state index contributed by atoms with van der Waals surface area (Å²) in [6.07, 6.45) is 6.10. The Morgan fingerprint density at radius 3 is 2.87 bits per heavy atom. The maximum Gasteiger partial charge on any atom is 0.315 e. The number of carbonyl (C=O) groups is 1. The number of hydrogen-bond donors (Lipinski definition) is 3. The summed E-state index contributed by atoms with van der Waals surface area (Å²) in [5, 5.41) is 14.7. The number of nitrogens with one attached hydrogen (secondary N) is 2. The van der Waals surface area contributed by atoms with Gasteiger partial charge in [-0.2, -0.15) is 0 Å². The van der Waals surface area contributed by atoms with Gasteiger partial charge in [0.15, 0.2) is 0 Å². The first-order chi connectivity index (χ1) is 11.2. The van der Waals surface area contributed by atoms with Crippen molar-refractivity contribution < 1.29 is 14.3 Å². The molecule has 1 aliphatic carbocycles. The van der Waals surface area contributed by atoms with Crippen LogP contribution in [0.4, 0.5) is 4.79 Å². The molecule has 2 atom stereocenters. The molecule has 1 aliphatic rings. The predicted molar refractivity (Wildman–Crippen MR) is 85.4 cm³/mol. The molecule has 1 aromatic carbocycles. The average molecular weight is 313 g/mol. The van der Waals surface area contributed by atoms with Crippen molar-refractivity contribution in [3.05, 3.63) is 54.4 Å². The zero-order valence-corrected chi connectivity index (χ0v) is 12.6. The molecule has 3 N–H and O–H groups in total. The van der Waals surface area contributed by atoms with E-state index < -0.39 is 0 Å². The lowest BCUT2D eigenvalue weighted by atomic mass is 10.1. The smallest absolute Gasteiger partial charge is 0.315 e. The van der Waals surface area contributed by atoms with Crippen LogP contribution in [0.2, 0.25) is 0 Å². The second-order valence-electron chi connectivity index (χ2n) is 5.51. The molecule has 0 radical (unpaired) electrons. The second kappa shape index (κ2) is 7.11. The average Bonchev–Trinajstić information content (AvgIpc) is 3.23. The summed E-state index contributed by atoms with van der Waals surface area (Å²) in [6, 6.07) is 9.29. The number of hydrogen-bond acceptors (Lipinski definition) is 4. The summed E-state index contributed by atoms with van der Waals surface area (Å²) in [5.41, 5.74) is 1.56. The zero-order valence-electron chi connectivity index (χ0n) is 12.6. The molecule has 0 aliphatic heterocycles. The van der Waals surface area contributed by atoms with Gasteiger partial charge < -0.3 is 20.2 Å². The summed E-state index contributed by atoms with van der Waals surface area (Å²) in [4.78, 5) is 16.2. The Kier molecular flexibility index (Phi) is 4.73. The summed E-state index contributed by atoms with van der Waals surface area (Å²) < 4.78 is 5.42. The number of aliphatic hydroxyl groups excluding tert-OH is 1. The van der Waals surface area contributed by atoms with Crippen LogP contribution in [0, 0.1) is 5.92 Å². The van der Waals surface area contributed by atoms with Gasteiger partial charge in [-0.05, 0) is 18.6 Å². The highest BCUT2D eigenvalue weighted by atomic mass is 16.3. The number of oxazole rings is 1. The molecule has 120 valence electrons. The van der Waals surface area contributed by atoms with E-state index in [0.29, 0.717) is 18.1 Å². The predicted octanol–water partition coefficient (Wildman–Crippen LogP) is 2.08. The summed E-state index contributed by atoms with van der Waals surface area (Å²) in [7, 11) is 0. The Bertz CT molecular complexity index is 681. The number of nitrogens with zero attached hydrogens (tertiary/aromatic N) is 1. The molecule has 6 heteroatoms. The normalized spacial score (nSPS) is 19.7. The van der Waals surface area contributed by atoms with E-state index in [0.717, 1.165) is 12.0 Å². The molecule has 0 saturated carbocycles. The first kappa shape index (κ1) is 15.3. The molecule has 1 aromatic heterocycles. The van der Waals surface area contributed by atoms with E-state index in [-0.39, 0.29) is 24.6 Å². The maximum absolute atomic E-state index is 11.9. The molecule has 0 fully saturated rings. The molecule has 0 spiro atoms. The number of amides is 2. The molecule has 23 heavy (non-hydrogen) atoms. The van der Waals surface area contributed by atoms with E-state index in [9.17, 15) is 4.79 Å². The van der Waals surface area contributed by atoms with Gasteiger partial charge in [0.1, 0.15) is 6.26 Å². The van der Waals surface area contributed by atoms with Gasteiger partial charge in [0.25, 0.3) is 0 Å². The van der Waals surface area contributed by atoms with Crippen molar-refractivity contribution >= 4 is 6.03 Å². The van der Waals surface area contributed by atoms with E-state index >= 15 is 0 Å². The van der Waals surface area contributed by atoms with E-state index in [2.05, 4.69) is 15.6 Å². The highest BCUT2D eigenvalue weighted by Crippen LogP contribution is 2.18. The molecule has 0 saturated heterocycles. The third-order valence-electron chi connectivity index (χ3n) is 3.73. The Morgan fingerprint density at radius 2 is 2.13 bits per heavy atom. The Morgan fingerprint density at radius 1 is 1.30 bits per heavy atom. The Hall–Kier alpha value is -2.60. The minimum atomic E-state index is -0.262. The molecular formula is C17H19N3O3. The summed E-state index contributed by atoms with van der Waals surface area (Å²) in [5.74, 6) is 0.664. The van der Waals surface area contributed by atoms with Crippen LogP contribution < -0.4 is 10.6 Å². The number of aromatic nitrogens is 1. The Labute approximate surface area is 134 Å². The second-order valence-corrected chi connectivity index (χ2v) is 5.51. The highest BCUT2D eigenvalue weighted by molar-refractivity contribution is 5.74. The minimum Gasteiger partial charge on any atom is -0.444 e.